The third kappa shape index (κ3) is 3.35. The molecule has 15 heavy (non-hydrogen) atoms. The molecule has 0 aromatic rings. The summed E-state index contributed by atoms with van der Waals surface area (Å²) >= 11 is 0. The number of ether oxygens (including phenoxy) is 2. The fraction of sp³-hybridized carbons (Fsp3) is 0.714. The summed E-state index contributed by atoms with van der Waals surface area (Å²) in [6.45, 7) is 0. The Hall–Kier alpha value is -0.270. The van der Waals surface area contributed by atoms with Crippen LogP contribution in [0.5, 0.6) is 0 Å². The van der Waals surface area contributed by atoms with E-state index in [0.29, 0.717) is 5.82 Å². The van der Waals surface area contributed by atoms with Crippen molar-refractivity contribution in [3.63, 3.8) is 0 Å². The van der Waals surface area contributed by atoms with Crippen molar-refractivity contribution in [1.82, 2.24) is 0 Å². The zero-order valence-electron chi connectivity index (χ0n) is 7.92. The van der Waals surface area contributed by atoms with E-state index in [1.807, 2.05) is 0 Å². The first kappa shape index (κ1) is 12.8. The van der Waals surface area contributed by atoms with E-state index in [0.717, 1.165) is 6.08 Å². The van der Waals surface area contributed by atoms with Crippen LogP contribution in [0.2, 0.25) is 0 Å². The average molecular weight is 240 g/mol. The van der Waals surface area contributed by atoms with Gasteiger partial charge < -0.3 is 29.5 Å². The van der Waals surface area contributed by atoms with Gasteiger partial charge in [0.05, 0.1) is 0 Å². The molecule has 4 unspecified atom stereocenters. The van der Waals surface area contributed by atoms with Crippen molar-refractivity contribution in [3.05, 3.63) is 11.9 Å². The maximum Gasteiger partial charge on any atom is 0.348 e. The standard InChI is InChI=1S/C7H13O7P/c1-13-6-5(8)4(14-7(6)9)2-3-15(10,11)12/h2-9H,1H3,(H2,10,11,12)/b3-2-. The molecule has 0 bridgehead atoms. The van der Waals surface area contributed by atoms with Gasteiger partial charge in [0.15, 0.2) is 6.29 Å². The highest BCUT2D eigenvalue weighted by atomic mass is 31.2. The van der Waals surface area contributed by atoms with Crippen molar-refractivity contribution in [1.29, 1.82) is 0 Å². The molecule has 1 rings (SSSR count). The van der Waals surface area contributed by atoms with E-state index >= 15 is 0 Å². The predicted molar refractivity (Wildman–Crippen MR) is 48.9 cm³/mol. The molecule has 1 aliphatic heterocycles. The lowest BCUT2D eigenvalue weighted by atomic mass is 10.1. The van der Waals surface area contributed by atoms with Crippen LogP contribution in [0, 0.1) is 0 Å². The van der Waals surface area contributed by atoms with Gasteiger partial charge in [0, 0.05) is 12.9 Å². The first-order valence-corrected chi connectivity index (χ1v) is 5.82. The highest BCUT2D eigenvalue weighted by Gasteiger charge is 2.42. The lowest BCUT2D eigenvalue weighted by Crippen LogP contribution is -2.33. The molecule has 0 aromatic heterocycles. The average Bonchev–Trinajstić information content (AvgIpc) is 2.37. The van der Waals surface area contributed by atoms with E-state index in [9.17, 15) is 14.8 Å². The molecule has 0 radical (unpaired) electrons. The van der Waals surface area contributed by atoms with Crippen LogP contribution in [0.25, 0.3) is 0 Å². The molecular weight excluding hydrogens is 227 g/mol. The van der Waals surface area contributed by atoms with Gasteiger partial charge in [-0.2, -0.15) is 0 Å². The van der Waals surface area contributed by atoms with E-state index in [1.165, 1.54) is 7.11 Å². The summed E-state index contributed by atoms with van der Waals surface area (Å²) in [5.74, 6) is 0.617. The fourth-order valence-electron chi connectivity index (χ4n) is 1.29. The van der Waals surface area contributed by atoms with Crippen LogP contribution < -0.4 is 0 Å². The van der Waals surface area contributed by atoms with E-state index < -0.39 is 32.2 Å². The second kappa shape index (κ2) is 4.71. The van der Waals surface area contributed by atoms with Gasteiger partial charge in [-0.05, 0) is 6.08 Å². The number of aliphatic hydroxyl groups is 2. The van der Waals surface area contributed by atoms with Crippen molar-refractivity contribution in [2.45, 2.75) is 24.6 Å². The van der Waals surface area contributed by atoms with Crippen molar-refractivity contribution < 1.29 is 34.0 Å². The Bertz CT molecular complexity index is 285. The van der Waals surface area contributed by atoms with Gasteiger partial charge in [-0.3, -0.25) is 4.57 Å². The molecule has 0 spiro atoms. The molecular formula is C7H13O7P. The quantitative estimate of drug-likeness (QED) is 0.456. The summed E-state index contributed by atoms with van der Waals surface area (Å²) in [6.07, 6.45) is -3.37. The highest BCUT2D eigenvalue weighted by molar-refractivity contribution is 7.55. The van der Waals surface area contributed by atoms with Gasteiger partial charge in [-0.15, -0.1) is 0 Å². The number of hydrogen-bond donors (Lipinski definition) is 4. The molecule has 1 heterocycles. The second-order valence-corrected chi connectivity index (χ2v) is 4.59. The van der Waals surface area contributed by atoms with Gasteiger partial charge in [-0.1, -0.05) is 0 Å². The highest BCUT2D eigenvalue weighted by Crippen LogP contribution is 2.37. The lowest BCUT2D eigenvalue weighted by Gasteiger charge is -2.13. The summed E-state index contributed by atoms with van der Waals surface area (Å²) in [4.78, 5) is 17.1. The van der Waals surface area contributed by atoms with Gasteiger partial charge in [0.1, 0.15) is 18.3 Å². The van der Waals surface area contributed by atoms with Crippen LogP contribution in [-0.4, -0.2) is 51.7 Å². The summed E-state index contributed by atoms with van der Waals surface area (Å²) in [6, 6.07) is 0. The number of aliphatic hydroxyl groups excluding tert-OH is 2. The first-order valence-electron chi connectivity index (χ1n) is 4.14. The van der Waals surface area contributed by atoms with Crippen LogP contribution in [-0.2, 0) is 14.0 Å². The molecule has 0 aliphatic carbocycles. The molecule has 1 fully saturated rings. The Balaban J connectivity index is 2.67. The van der Waals surface area contributed by atoms with E-state index in [2.05, 4.69) is 0 Å². The molecule has 1 aliphatic rings. The normalized spacial score (nSPS) is 37.7. The van der Waals surface area contributed by atoms with Gasteiger partial charge >= 0.3 is 7.60 Å². The van der Waals surface area contributed by atoms with E-state index in [1.54, 1.807) is 0 Å². The summed E-state index contributed by atoms with van der Waals surface area (Å²) in [7, 11) is -3.00. The zero-order valence-corrected chi connectivity index (χ0v) is 8.82. The predicted octanol–water partition coefficient (Wildman–Crippen LogP) is -1.23. The lowest BCUT2D eigenvalue weighted by molar-refractivity contribution is -0.130. The van der Waals surface area contributed by atoms with Crippen LogP contribution in [0.3, 0.4) is 0 Å². The van der Waals surface area contributed by atoms with Crippen LogP contribution >= 0.6 is 7.60 Å². The summed E-state index contributed by atoms with van der Waals surface area (Å²) in [5.41, 5.74) is 0. The van der Waals surface area contributed by atoms with Crippen LogP contribution in [0.1, 0.15) is 0 Å². The third-order valence-electron chi connectivity index (χ3n) is 1.99. The van der Waals surface area contributed by atoms with E-state index in [4.69, 9.17) is 19.3 Å². The SMILES string of the molecule is COC1C(O)OC(/C=C\P(=O)(O)O)C1O. The second-order valence-electron chi connectivity index (χ2n) is 3.11. The first-order chi connectivity index (χ1) is 6.85. The maximum atomic E-state index is 10.5. The number of hydrogen-bond acceptors (Lipinski definition) is 5. The zero-order chi connectivity index (χ0) is 11.6. The minimum atomic E-state index is -4.29. The molecule has 8 heteroatoms. The van der Waals surface area contributed by atoms with E-state index in [-0.39, 0.29) is 0 Å². The fourth-order valence-corrected chi connectivity index (χ4v) is 1.68. The summed E-state index contributed by atoms with van der Waals surface area (Å²) < 4.78 is 20.1. The molecule has 88 valence electrons. The molecule has 0 saturated carbocycles. The topological polar surface area (TPSA) is 116 Å². The molecule has 1 saturated heterocycles. The van der Waals surface area contributed by atoms with Gasteiger partial charge in [0.2, 0.25) is 0 Å². The molecule has 0 aromatic carbocycles. The maximum absolute atomic E-state index is 10.5. The summed E-state index contributed by atoms with van der Waals surface area (Å²) in [5, 5.41) is 18.7. The Morgan fingerprint density at radius 3 is 2.40 bits per heavy atom. The van der Waals surface area contributed by atoms with Crippen molar-refractivity contribution >= 4 is 7.60 Å². The van der Waals surface area contributed by atoms with Crippen molar-refractivity contribution in [3.8, 4) is 0 Å². The monoisotopic (exact) mass is 240 g/mol. The van der Waals surface area contributed by atoms with Crippen molar-refractivity contribution in [2.24, 2.45) is 0 Å². The number of methoxy groups -OCH3 is 1. The smallest absolute Gasteiger partial charge is 0.348 e. The molecule has 0 amide bonds. The largest absolute Gasteiger partial charge is 0.387 e. The Labute approximate surface area is 86.1 Å². The van der Waals surface area contributed by atoms with Crippen molar-refractivity contribution in [2.75, 3.05) is 7.11 Å². The third-order valence-corrected chi connectivity index (χ3v) is 2.55. The van der Waals surface area contributed by atoms with Gasteiger partial charge in [0.25, 0.3) is 0 Å². The minimum Gasteiger partial charge on any atom is -0.387 e. The Kier molecular flexibility index (Phi) is 4.02. The Morgan fingerprint density at radius 1 is 1.40 bits per heavy atom. The Morgan fingerprint density at radius 2 is 2.00 bits per heavy atom. The molecule has 4 atom stereocenters. The molecule has 4 N–H and O–H groups in total. The van der Waals surface area contributed by atoms with Gasteiger partial charge in [-0.25, -0.2) is 0 Å². The van der Waals surface area contributed by atoms with Crippen LogP contribution in [0.15, 0.2) is 11.9 Å². The number of rotatable bonds is 3. The van der Waals surface area contributed by atoms with Crippen LogP contribution in [0.4, 0.5) is 0 Å². The minimum absolute atomic E-state index is 0.617. The molecule has 7 nitrogen and oxygen atoms in total.